The van der Waals surface area contributed by atoms with Crippen molar-refractivity contribution in [2.45, 2.75) is 43.6 Å². The standard InChI is InChI=1S/C27H32N2O6/c1-34-15-14-29(17-25(31)32)24(30)16-27(12-6-7-13-27)28-26(33)35-18-23-21-10-4-2-8-19(21)20-9-3-5-11-22(20)23/h2-5,8-11,23H,6-7,12-18H2,1H3,(H,28,33)(H,31,32). The molecule has 0 bridgehead atoms. The predicted molar refractivity (Wildman–Crippen MR) is 130 cm³/mol. The highest BCUT2D eigenvalue weighted by Gasteiger charge is 2.39. The van der Waals surface area contributed by atoms with Crippen LogP contribution in [0.5, 0.6) is 0 Å². The normalized spacial score (nSPS) is 15.8. The molecule has 2 amide bonds. The second kappa shape index (κ2) is 10.9. The Morgan fingerprint density at radius 2 is 1.63 bits per heavy atom. The van der Waals surface area contributed by atoms with E-state index in [4.69, 9.17) is 9.47 Å². The quantitative estimate of drug-likeness (QED) is 0.536. The van der Waals surface area contributed by atoms with E-state index in [9.17, 15) is 19.5 Å². The monoisotopic (exact) mass is 480 g/mol. The Kier molecular flexibility index (Phi) is 7.70. The number of carbonyl (C=O) groups is 3. The Balaban J connectivity index is 1.41. The highest BCUT2D eigenvalue weighted by molar-refractivity contribution is 5.83. The number of hydrogen-bond donors (Lipinski definition) is 2. The minimum absolute atomic E-state index is 0.0359. The third-order valence-electron chi connectivity index (χ3n) is 7.01. The van der Waals surface area contributed by atoms with Crippen LogP contribution in [0.25, 0.3) is 11.1 Å². The van der Waals surface area contributed by atoms with Gasteiger partial charge in [0.05, 0.1) is 18.6 Å². The SMILES string of the molecule is COCCN(CC(=O)O)C(=O)CC1(NC(=O)OCC2c3ccccc3-c3ccccc32)CCCC1. The number of methoxy groups -OCH3 is 1. The van der Waals surface area contributed by atoms with Crippen LogP contribution in [0, 0.1) is 0 Å². The summed E-state index contributed by atoms with van der Waals surface area (Å²) >= 11 is 0. The molecular weight excluding hydrogens is 448 g/mol. The van der Waals surface area contributed by atoms with Crippen LogP contribution in [-0.2, 0) is 19.1 Å². The van der Waals surface area contributed by atoms with Crippen molar-refractivity contribution in [1.29, 1.82) is 0 Å². The van der Waals surface area contributed by atoms with E-state index in [0.29, 0.717) is 12.8 Å². The number of carboxylic acid groups (broad SMARTS) is 1. The number of hydrogen-bond acceptors (Lipinski definition) is 5. The fourth-order valence-electron chi connectivity index (χ4n) is 5.31. The second-order valence-electron chi connectivity index (χ2n) is 9.32. The molecule has 8 heteroatoms. The van der Waals surface area contributed by atoms with E-state index in [1.165, 1.54) is 12.0 Å². The van der Waals surface area contributed by atoms with Gasteiger partial charge in [0.15, 0.2) is 0 Å². The number of amides is 2. The summed E-state index contributed by atoms with van der Waals surface area (Å²) in [6, 6.07) is 16.3. The highest BCUT2D eigenvalue weighted by Crippen LogP contribution is 2.44. The zero-order valence-corrected chi connectivity index (χ0v) is 20.0. The number of benzene rings is 2. The smallest absolute Gasteiger partial charge is 0.407 e. The van der Waals surface area contributed by atoms with Crippen molar-refractivity contribution in [2.75, 3.05) is 33.4 Å². The third-order valence-corrected chi connectivity index (χ3v) is 7.01. The minimum atomic E-state index is -1.08. The molecule has 2 aliphatic rings. The molecule has 0 aliphatic heterocycles. The molecule has 1 saturated carbocycles. The molecule has 1 fully saturated rings. The van der Waals surface area contributed by atoms with E-state index < -0.39 is 24.1 Å². The molecule has 2 aromatic rings. The van der Waals surface area contributed by atoms with Crippen LogP contribution in [0.3, 0.4) is 0 Å². The van der Waals surface area contributed by atoms with Gasteiger partial charge in [-0.2, -0.15) is 0 Å². The molecule has 0 saturated heterocycles. The summed E-state index contributed by atoms with van der Waals surface area (Å²) in [7, 11) is 1.50. The lowest BCUT2D eigenvalue weighted by Gasteiger charge is -2.32. The van der Waals surface area contributed by atoms with Gasteiger partial charge in [0, 0.05) is 19.6 Å². The molecule has 4 rings (SSSR count). The van der Waals surface area contributed by atoms with Crippen molar-refractivity contribution in [3.63, 3.8) is 0 Å². The van der Waals surface area contributed by atoms with Gasteiger partial charge in [-0.05, 0) is 35.1 Å². The molecule has 0 spiro atoms. The summed E-state index contributed by atoms with van der Waals surface area (Å²) in [6.07, 6.45) is 2.54. The zero-order chi connectivity index (χ0) is 24.8. The first-order chi connectivity index (χ1) is 16.9. The van der Waals surface area contributed by atoms with Crippen molar-refractivity contribution in [3.05, 3.63) is 59.7 Å². The van der Waals surface area contributed by atoms with Crippen LogP contribution in [0.1, 0.15) is 49.1 Å². The number of ether oxygens (including phenoxy) is 2. The van der Waals surface area contributed by atoms with E-state index in [-0.39, 0.29) is 38.0 Å². The first kappa shape index (κ1) is 24.7. The molecule has 0 atom stereocenters. The van der Waals surface area contributed by atoms with E-state index in [1.807, 2.05) is 24.3 Å². The lowest BCUT2D eigenvalue weighted by atomic mass is 9.92. The first-order valence-electron chi connectivity index (χ1n) is 12.0. The van der Waals surface area contributed by atoms with Crippen molar-refractivity contribution >= 4 is 18.0 Å². The molecule has 2 aliphatic carbocycles. The predicted octanol–water partition coefficient (Wildman–Crippen LogP) is 3.79. The molecule has 2 aromatic carbocycles. The average Bonchev–Trinajstić information content (AvgIpc) is 3.42. The molecule has 35 heavy (non-hydrogen) atoms. The Labute approximate surface area is 205 Å². The molecule has 8 nitrogen and oxygen atoms in total. The van der Waals surface area contributed by atoms with Gasteiger partial charge in [0.1, 0.15) is 13.2 Å². The van der Waals surface area contributed by atoms with Gasteiger partial charge in [0.25, 0.3) is 0 Å². The topological polar surface area (TPSA) is 105 Å². The van der Waals surface area contributed by atoms with E-state index >= 15 is 0 Å². The molecule has 0 unspecified atom stereocenters. The molecule has 0 aromatic heterocycles. The number of aliphatic carboxylic acids is 1. The van der Waals surface area contributed by atoms with Crippen LogP contribution < -0.4 is 5.32 Å². The fourth-order valence-corrected chi connectivity index (χ4v) is 5.31. The maximum absolute atomic E-state index is 13.0. The molecule has 0 heterocycles. The number of rotatable bonds is 10. The van der Waals surface area contributed by atoms with E-state index in [1.54, 1.807) is 0 Å². The van der Waals surface area contributed by atoms with Gasteiger partial charge in [-0.15, -0.1) is 0 Å². The summed E-state index contributed by atoms with van der Waals surface area (Å²) in [6.45, 7) is 0.223. The summed E-state index contributed by atoms with van der Waals surface area (Å²) in [5.41, 5.74) is 3.85. The van der Waals surface area contributed by atoms with Gasteiger partial charge < -0.3 is 24.8 Å². The fraction of sp³-hybridized carbons (Fsp3) is 0.444. The van der Waals surface area contributed by atoms with Crippen LogP contribution in [0.2, 0.25) is 0 Å². The number of alkyl carbamates (subject to hydrolysis) is 1. The minimum Gasteiger partial charge on any atom is -0.480 e. The third kappa shape index (κ3) is 5.65. The van der Waals surface area contributed by atoms with Gasteiger partial charge >= 0.3 is 12.1 Å². The molecule has 0 radical (unpaired) electrons. The summed E-state index contributed by atoms with van der Waals surface area (Å²) < 4.78 is 10.7. The second-order valence-corrected chi connectivity index (χ2v) is 9.32. The van der Waals surface area contributed by atoms with Crippen LogP contribution in [0.15, 0.2) is 48.5 Å². The number of nitrogens with zero attached hydrogens (tertiary/aromatic N) is 1. The Morgan fingerprint density at radius 1 is 1.03 bits per heavy atom. The lowest BCUT2D eigenvalue weighted by Crippen LogP contribution is -2.51. The van der Waals surface area contributed by atoms with E-state index in [2.05, 4.69) is 29.6 Å². The highest BCUT2D eigenvalue weighted by atomic mass is 16.5. The average molecular weight is 481 g/mol. The summed E-state index contributed by atoms with van der Waals surface area (Å²) in [5.74, 6) is -1.45. The van der Waals surface area contributed by atoms with Gasteiger partial charge in [-0.1, -0.05) is 61.4 Å². The largest absolute Gasteiger partial charge is 0.480 e. The van der Waals surface area contributed by atoms with Crippen LogP contribution in [-0.4, -0.2) is 66.9 Å². The number of fused-ring (bicyclic) bond motifs is 3. The van der Waals surface area contributed by atoms with Gasteiger partial charge in [-0.3, -0.25) is 9.59 Å². The van der Waals surface area contributed by atoms with Crippen LogP contribution in [0.4, 0.5) is 4.79 Å². The van der Waals surface area contributed by atoms with E-state index in [0.717, 1.165) is 35.1 Å². The van der Waals surface area contributed by atoms with Crippen molar-refractivity contribution in [1.82, 2.24) is 10.2 Å². The maximum atomic E-state index is 13.0. The van der Waals surface area contributed by atoms with Gasteiger partial charge in [0.2, 0.25) is 5.91 Å². The van der Waals surface area contributed by atoms with Crippen LogP contribution >= 0.6 is 0 Å². The number of carbonyl (C=O) groups excluding carboxylic acids is 2. The molecular formula is C27H32N2O6. The summed E-state index contributed by atoms with van der Waals surface area (Å²) in [5, 5.41) is 12.2. The number of nitrogens with one attached hydrogen (secondary N) is 1. The zero-order valence-electron chi connectivity index (χ0n) is 20.0. The number of carboxylic acids is 1. The summed E-state index contributed by atoms with van der Waals surface area (Å²) in [4.78, 5) is 38.4. The van der Waals surface area contributed by atoms with Crippen molar-refractivity contribution in [2.24, 2.45) is 0 Å². The Morgan fingerprint density at radius 3 is 2.20 bits per heavy atom. The lowest BCUT2D eigenvalue weighted by molar-refractivity contribution is -0.145. The first-order valence-corrected chi connectivity index (χ1v) is 12.0. The van der Waals surface area contributed by atoms with Gasteiger partial charge in [-0.25, -0.2) is 4.79 Å². The molecule has 186 valence electrons. The van der Waals surface area contributed by atoms with Crippen molar-refractivity contribution < 1.29 is 29.0 Å². The Hall–Kier alpha value is -3.39. The molecule has 2 N–H and O–H groups in total. The maximum Gasteiger partial charge on any atom is 0.407 e. The Bertz CT molecular complexity index is 1030. The van der Waals surface area contributed by atoms with Crippen molar-refractivity contribution in [3.8, 4) is 11.1 Å².